The Hall–Kier alpha value is -1.84. The number of nitrogens with zero attached hydrogens (tertiary/aromatic N) is 1. The summed E-state index contributed by atoms with van der Waals surface area (Å²) in [6.45, 7) is 6.41. The molecule has 0 aliphatic carbocycles. The Kier molecular flexibility index (Phi) is 4.89. The minimum Gasteiger partial charge on any atom is -0.361 e. The van der Waals surface area contributed by atoms with Crippen LogP contribution in [-0.2, 0) is 9.59 Å². The summed E-state index contributed by atoms with van der Waals surface area (Å²) in [5, 5.41) is 0. The maximum absolute atomic E-state index is 11.8. The van der Waals surface area contributed by atoms with Gasteiger partial charge in [-0.1, -0.05) is 44.2 Å². The molecule has 1 unspecified atom stereocenters. The summed E-state index contributed by atoms with van der Waals surface area (Å²) in [5.74, 6) is -1.25. The summed E-state index contributed by atoms with van der Waals surface area (Å²) in [4.78, 5) is 24.5. The van der Waals surface area contributed by atoms with Gasteiger partial charge in [0.2, 0.25) is 0 Å². The molecule has 98 valence electrons. The van der Waals surface area contributed by atoms with Crippen LogP contribution in [0.4, 0.5) is 0 Å². The van der Waals surface area contributed by atoms with Gasteiger partial charge in [-0.05, 0) is 18.4 Å². The van der Waals surface area contributed by atoms with E-state index in [0.717, 1.165) is 5.56 Å². The lowest BCUT2D eigenvalue weighted by Crippen LogP contribution is -2.43. The smallest absolute Gasteiger partial charge is 0.312 e. The van der Waals surface area contributed by atoms with E-state index < -0.39 is 11.8 Å². The lowest BCUT2D eigenvalue weighted by Gasteiger charge is -2.30. The summed E-state index contributed by atoms with van der Waals surface area (Å²) in [6.07, 6.45) is 0. The molecule has 0 fully saturated rings. The van der Waals surface area contributed by atoms with Crippen LogP contribution in [0.2, 0.25) is 0 Å². The number of hydrogen-bond donors (Lipinski definition) is 1. The second-order valence-electron chi connectivity index (χ2n) is 4.80. The number of rotatable bonds is 4. The molecule has 18 heavy (non-hydrogen) atoms. The van der Waals surface area contributed by atoms with E-state index in [-0.39, 0.29) is 12.0 Å². The lowest BCUT2D eigenvalue weighted by molar-refractivity contribution is -0.146. The highest BCUT2D eigenvalue weighted by atomic mass is 16.2. The van der Waals surface area contributed by atoms with E-state index in [0.29, 0.717) is 6.54 Å². The van der Waals surface area contributed by atoms with Crippen molar-refractivity contribution in [2.45, 2.75) is 26.8 Å². The Morgan fingerprint density at radius 1 is 1.17 bits per heavy atom. The molecule has 4 heteroatoms. The molecule has 1 rings (SSSR count). The third-order valence-corrected chi connectivity index (χ3v) is 2.78. The third-order valence-electron chi connectivity index (χ3n) is 2.78. The number of carbonyl (C=O) groups is 2. The molecule has 2 N–H and O–H groups in total. The molecular weight excluding hydrogens is 228 g/mol. The first-order valence-corrected chi connectivity index (χ1v) is 6.08. The fourth-order valence-electron chi connectivity index (χ4n) is 1.86. The first-order chi connectivity index (χ1) is 8.43. The Morgan fingerprint density at radius 3 is 2.17 bits per heavy atom. The van der Waals surface area contributed by atoms with E-state index in [4.69, 9.17) is 5.73 Å². The van der Waals surface area contributed by atoms with Gasteiger partial charge in [-0.25, -0.2) is 0 Å². The molecule has 0 aromatic heterocycles. The van der Waals surface area contributed by atoms with Gasteiger partial charge in [0.05, 0.1) is 6.04 Å². The van der Waals surface area contributed by atoms with Crippen molar-refractivity contribution < 1.29 is 9.59 Å². The molecule has 1 aromatic rings. The molecule has 0 heterocycles. The van der Waals surface area contributed by atoms with Crippen molar-refractivity contribution in [2.75, 3.05) is 6.54 Å². The molecule has 2 amide bonds. The van der Waals surface area contributed by atoms with E-state index in [2.05, 4.69) is 0 Å². The van der Waals surface area contributed by atoms with Crippen LogP contribution in [0.25, 0.3) is 0 Å². The second kappa shape index (κ2) is 6.19. The minimum absolute atomic E-state index is 0.159. The summed E-state index contributed by atoms with van der Waals surface area (Å²) >= 11 is 0. The molecule has 0 aliphatic rings. The van der Waals surface area contributed by atoms with Gasteiger partial charge in [0, 0.05) is 6.54 Å². The van der Waals surface area contributed by atoms with Gasteiger partial charge >= 0.3 is 11.8 Å². The predicted molar refractivity (Wildman–Crippen MR) is 70.6 cm³/mol. The highest BCUT2D eigenvalue weighted by Gasteiger charge is 2.25. The van der Waals surface area contributed by atoms with Crippen LogP contribution >= 0.6 is 0 Å². The van der Waals surface area contributed by atoms with E-state index >= 15 is 0 Å². The Labute approximate surface area is 108 Å². The Balaban J connectivity index is 2.96. The van der Waals surface area contributed by atoms with Crippen LogP contribution in [0.1, 0.15) is 32.4 Å². The van der Waals surface area contributed by atoms with Gasteiger partial charge in [0.1, 0.15) is 0 Å². The van der Waals surface area contributed by atoms with Gasteiger partial charge in [-0.2, -0.15) is 0 Å². The standard InChI is InChI=1S/C14H20N2O2/c1-10(2)9-16(14(18)13(15)17)11(3)12-7-5-4-6-8-12/h4-8,10-11H,9H2,1-3H3,(H2,15,17). The van der Waals surface area contributed by atoms with Crippen LogP contribution in [0, 0.1) is 5.92 Å². The largest absolute Gasteiger partial charge is 0.361 e. The highest BCUT2D eigenvalue weighted by molar-refractivity contribution is 6.34. The summed E-state index contributed by atoms with van der Waals surface area (Å²) in [7, 11) is 0. The fraction of sp³-hybridized carbons (Fsp3) is 0.429. The maximum atomic E-state index is 11.8. The van der Waals surface area contributed by atoms with E-state index in [1.807, 2.05) is 51.1 Å². The van der Waals surface area contributed by atoms with Crippen molar-refractivity contribution >= 4 is 11.8 Å². The van der Waals surface area contributed by atoms with Crippen molar-refractivity contribution in [1.82, 2.24) is 4.90 Å². The zero-order valence-electron chi connectivity index (χ0n) is 11.1. The zero-order valence-corrected chi connectivity index (χ0v) is 11.1. The van der Waals surface area contributed by atoms with Gasteiger partial charge in [0.15, 0.2) is 0 Å². The van der Waals surface area contributed by atoms with Crippen molar-refractivity contribution in [1.29, 1.82) is 0 Å². The van der Waals surface area contributed by atoms with Crippen LogP contribution in [0.5, 0.6) is 0 Å². The lowest BCUT2D eigenvalue weighted by atomic mass is 10.1. The number of hydrogen-bond acceptors (Lipinski definition) is 2. The molecule has 0 saturated heterocycles. The number of amides is 2. The Bertz CT molecular complexity index is 415. The van der Waals surface area contributed by atoms with Crippen molar-refractivity contribution in [3.8, 4) is 0 Å². The average Bonchev–Trinajstić information content (AvgIpc) is 2.35. The van der Waals surface area contributed by atoms with Gasteiger partial charge in [-0.15, -0.1) is 0 Å². The number of nitrogens with two attached hydrogens (primary N) is 1. The number of primary amides is 1. The van der Waals surface area contributed by atoms with E-state index in [1.165, 1.54) is 4.90 Å². The van der Waals surface area contributed by atoms with Gasteiger partial charge in [-0.3, -0.25) is 9.59 Å². The zero-order chi connectivity index (χ0) is 13.7. The summed E-state index contributed by atoms with van der Waals surface area (Å²) in [6, 6.07) is 9.45. The topological polar surface area (TPSA) is 63.4 Å². The molecule has 0 spiro atoms. The van der Waals surface area contributed by atoms with Crippen molar-refractivity contribution in [3.05, 3.63) is 35.9 Å². The molecule has 4 nitrogen and oxygen atoms in total. The van der Waals surface area contributed by atoms with E-state index in [1.54, 1.807) is 0 Å². The third kappa shape index (κ3) is 3.58. The van der Waals surface area contributed by atoms with Crippen LogP contribution < -0.4 is 5.73 Å². The van der Waals surface area contributed by atoms with Gasteiger partial charge < -0.3 is 10.6 Å². The molecular formula is C14H20N2O2. The van der Waals surface area contributed by atoms with Crippen molar-refractivity contribution in [2.24, 2.45) is 11.7 Å². The maximum Gasteiger partial charge on any atom is 0.312 e. The van der Waals surface area contributed by atoms with Crippen LogP contribution in [0.3, 0.4) is 0 Å². The monoisotopic (exact) mass is 248 g/mol. The fourth-order valence-corrected chi connectivity index (χ4v) is 1.86. The molecule has 0 aliphatic heterocycles. The van der Waals surface area contributed by atoms with Crippen LogP contribution in [-0.4, -0.2) is 23.3 Å². The summed E-state index contributed by atoms with van der Waals surface area (Å²) < 4.78 is 0. The first-order valence-electron chi connectivity index (χ1n) is 6.08. The summed E-state index contributed by atoms with van der Waals surface area (Å²) in [5.41, 5.74) is 6.09. The van der Waals surface area contributed by atoms with E-state index in [9.17, 15) is 9.59 Å². The normalized spacial score (nSPS) is 12.2. The molecule has 0 saturated carbocycles. The second-order valence-corrected chi connectivity index (χ2v) is 4.80. The minimum atomic E-state index is -0.904. The SMILES string of the molecule is CC(C)CN(C(=O)C(N)=O)C(C)c1ccccc1. The predicted octanol–water partition coefficient (Wildman–Crippen LogP) is 1.72. The molecule has 1 atom stereocenters. The Morgan fingerprint density at radius 2 is 1.72 bits per heavy atom. The quantitative estimate of drug-likeness (QED) is 0.824. The number of benzene rings is 1. The molecule has 1 aromatic carbocycles. The number of carbonyl (C=O) groups excluding carboxylic acids is 2. The first kappa shape index (κ1) is 14.2. The highest BCUT2D eigenvalue weighted by Crippen LogP contribution is 2.21. The van der Waals surface area contributed by atoms with Crippen molar-refractivity contribution in [3.63, 3.8) is 0 Å². The molecule has 0 radical (unpaired) electrons. The average molecular weight is 248 g/mol. The molecule has 0 bridgehead atoms. The van der Waals surface area contributed by atoms with Crippen LogP contribution in [0.15, 0.2) is 30.3 Å². The van der Waals surface area contributed by atoms with Gasteiger partial charge in [0.25, 0.3) is 0 Å².